The number of nitrogens with zero attached hydrogens (tertiary/aromatic N) is 1. The van der Waals surface area contributed by atoms with E-state index in [1.54, 1.807) is 12.1 Å². The molecule has 1 N–H and O–H groups in total. The Hall–Kier alpha value is -1.56. The molecule has 0 spiro atoms. The predicted octanol–water partition coefficient (Wildman–Crippen LogP) is 3.30. The van der Waals surface area contributed by atoms with E-state index >= 15 is 0 Å². The number of nitriles is 1. The molecule has 0 atom stereocenters. The normalized spacial score (nSPS) is 14.5. The van der Waals surface area contributed by atoms with E-state index in [1.807, 2.05) is 6.07 Å². The molecule has 0 heterocycles. The van der Waals surface area contributed by atoms with Crippen LogP contribution in [0.15, 0.2) is 18.2 Å². The van der Waals surface area contributed by atoms with E-state index < -0.39 is 5.82 Å². The third-order valence-electron chi connectivity index (χ3n) is 2.93. The highest BCUT2D eigenvalue weighted by Crippen LogP contribution is 2.33. The zero-order valence-electron chi connectivity index (χ0n) is 9.17. The van der Waals surface area contributed by atoms with E-state index in [2.05, 4.69) is 5.32 Å². The maximum absolute atomic E-state index is 13.2. The van der Waals surface area contributed by atoms with Crippen LogP contribution in [0.4, 0.5) is 10.1 Å². The van der Waals surface area contributed by atoms with Crippen molar-refractivity contribution in [1.82, 2.24) is 0 Å². The number of anilines is 1. The fourth-order valence-corrected chi connectivity index (χ4v) is 1.81. The summed E-state index contributed by atoms with van der Waals surface area (Å²) in [6.07, 6.45) is 5.06. The SMILES string of the molecule is N#Cc1c(F)cccc1NCCCC1CC1. The van der Waals surface area contributed by atoms with Gasteiger partial charge in [-0.05, 0) is 30.9 Å². The van der Waals surface area contributed by atoms with Gasteiger partial charge in [0.05, 0.1) is 5.69 Å². The molecular formula is C13H15FN2. The zero-order chi connectivity index (χ0) is 11.4. The van der Waals surface area contributed by atoms with Gasteiger partial charge < -0.3 is 5.32 Å². The molecule has 1 fully saturated rings. The van der Waals surface area contributed by atoms with Crippen molar-refractivity contribution in [1.29, 1.82) is 5.26 Å². The molecule has 0 unspecified atom stereocenters. The predicted molar refractivity (Wildman–Crippen MR) is 61.6 cm³/mol. The maximum atomic E-state index is 13.2. The Morgan fingerprint density at radius 2 is 2.25 bits per heavy atom. The van der Waals surface area contributed by atoms with Gasteiger partial charge in [-0.2, -0.15) is 5.26 Å². The molecule has 1 aromatic carbocycles. The Bertz CT molecular complexity index is 405. The molecule has 1 aromatic rings. The molecule has 0 bridgehead atoms. The number of benzene rings is 1. The van der Waals surface area contributed by atoms with Crippen LogP contribution in [0, 0.1) is 23.1 Å². The Labute approximate surface area is 95.1 Å². The second-order valence-corrected chi connectivity index (χ2v) is 4.29. The number of hydrogen-bond donors (Lipinski definition) is 1. The summed E-state index contributed by atoms with van der Waals surface area (Å²) < 4.78 is 13.2. The van der Waals surface area contributed by atoms with Crippen molar-refractivity contribution in [3.8, 4) is 6.07 Å². The topological polar surface area (TPSA) is 35.8 Å². The summed E-state index contributed by atoms with van der Waals surface area (Å²) in [6.45, 7) is 0.814. The molecule has 0 aromatic heterocycles. The van der Waals surface area contributed by atoms with Crippen LogP contribution in [-0.2, 0) is 0 Å². The van der Waals surface area contributed by atoms with Crippen LogP contribution in [0.5, 0.6) is 0 Å². The van der Waals surface area contributed by atoms with Crippen molar-refractivity contribution >= 4 is 5.69 Å². The van der Waals surface area contributed by atoms with E-state index in [0.717, 1.165) is 18.9 Å². The Morgan fingerprint density at radius 1 is 1.44 bits per heavy atom. The minimum atomic E-state index is -0.449. The zero-order valence-corrected chi connectivity index (χ0v) is 9.17. The number of halogens is 1. The summed E-state index contributed by atoms with van der Waals surface area (Å²) in [7, 11) is 0. The first-order chi connectivity index (χ1) is 7.81. The van der Waals surface area contributed by atoms with Crippen molar-refractivity contribution in [2.45, 2.75) is 25.7 Å². The third kappa shape index (κ3) is 2.73. The molecule has 0 aliphatic heterocycles. The highest BCUT2D eigenvalue weighted by atomic mass is 19.1. The van der Waals surface area contributed by atoms with Crippen molar-refractivity contribution in [2.75, 3.05) is 11.9 Å². The second-order valence-electron chi connectivity index (χ2n) is 4.29. The quantitative estimate of drug-likeness (QED) is 0.770. The number of rotatable bonds is 5. The lowest BCUT2D eigenvalue weighted by atomic mass is 10.1. The monoisotopic (exact) mass is 218 g/mol. The summed E-state index contributed by atoms with van der Waals surface area (Å²) in [5.74, 6) is 0.472. The summed E-state index contributed by atoms with van der Waals surface area (Å²) in [5, 5.41) is 11.9. The van der Waals surface area contributed by atoms with Gasteiger partial charge in [0, 0.05) is 6.54 Å². The second kappa shape index (κ2) is 4.98. The summed E-state index contributed by atoms with van der Waals surface area (Å²) in [6, 6.07) is 6.57. The Morgan fingerprint density at radius 3 is 2.94 bits per heavy atom. The third-order valence-corrected chi connectivity index (χ3v) is 2.93. The van der Waals surface area contributed by atoms with Gasteiger partial charge in [-0.3, -0.25) is 0 Å². The minimum absolute atomic E-state index is 0.119. The molecular weight excluding hydrogens is 203 g/mol. The molecule has 2 nitrogen and oxygen atoms in total. The van der Waals surface area contributed by atoms with Crippen LogP contribution in [0.25, 0.3) is 0 Å². The van der Waals surface area contributed by atoms with E-state index in [4.69, 9.17) is 5.26 Å². The average Bonchev–Trinajstić information content (AvgIpc) is 3.08. The van der Waals surface area contributed by atoms with Crippen molar-refractivity contribution in [3.63, 3.8) is 0 Å². The van der Waals surface area contributed by atoms with Gasteiger partial charge in [0.1, 0.15) is 17.4 Å². The molecule has 3 heteroatoms. The fraction of sp³-hybridized carbons (Fsp3) is 0.462. The molecule has 0 radical (unpaired) electrons. The number of nitrogens with one attached hydrogen (secondary N) is 1. The molecule has 2 rings (SSSR count). The standard InChI is InChI=1S/C13H15FN2/c14-12-4-1-5-13(11(12)9-15)16-8-2-3-10-6-7-10/h1,4-5,10,16H,2-3,6-8H2. The molecule has 16 heavy (non-hydrogen) atoms. The summed E-state index contributed by atoms with van der Waals surface area (Å²) in [4.78, 5) is 0. The fourth-order valence-electron chi connectivity index (χ4n) is 1.81. The van der Waals surface area contributed by atoms with Crippen LogP contribution in [0.3, 0.4) is 0 Å². The first-order valence-electron chi connectivity index (χ1n) is 5.73. The average molecular weight is 218 g/mol. The van der Waals surface area contributed by atoms with Crippen molar-refractivity contribution in [2.24, 2.45) is 5.92 Å². The van der Waals surface area contributed by atoms with Crippen LogP contribution in [0.1, 0.15) is 31.2 Å². The molecule has 1 aliphatic rings. The van der Waals surface area contributed by atoms with Gasteiger partial charge in [-0.1, -0.05) is 18.9 Å². The van der Waals surface area contributed by atoms with E-state index in [0.29, 0.717) is 5.69 Å². The Balaban J connectivity index is 1.87. The van der Waals surface area contributed by atoms with Gasteiger partial charge in [0.2, 0.25) is 0 Å². The van der Waals surface area contributed by atoms with Crippen LogP contribution >= 0.6 is 0 Å². The Kier molecular flexibility index (Phi) is 3.40. The highest BCUT2D eigenvalue weighted by molar-refractivity contribution is 5.57. The van der Waals surface area contributed by atoms with Crippen LogP contribution in [-0.4, -0.2) is 6.54 Å². The molecule has 84 valence electrons. The maximum Gasteiger partial charge on any atom is 0.143 e. The van der Waals surface area contributed by atoms with Gasteiger partial charge in [0.15, 0.2) is 0 Å². The van der Waals surface area contributed by atoms with Crippen LogP contribution in [0.2, 0.25) is 0 Å². The van der Waals surface area contributed by atoms with E-state index in [1.165, 1.54) is 25.3 Å². The lowest BCUT2D eigenvalue weighted by Gasteiger charge is -2.08. The van der Waals surface area contributed by atoms with Gasteiger partial charge in [-0.15, -0.1) is 0 Å². The van der Waals surface area contributed by atoms with E-state index in [9.17, 15) is 4.39 Å². The lowest BCUT2D eigenvalue weighted by molar-refractivity contribution is 0.624. The van der Waals surface area contributed by atoms with Crippen LogP contribution < -0.4 is 5.32 Å². The molecule has 0 saturated heterocycles. The first-order valence-corrected chi connectivity index (χ1v) is 5.73. The molecule has 1 saturated carbocycles. The smallest absolute Gasteiger partial charge is 0.143 e. The molecule has 1 aliphatic carbocycles. The molecule has 0 amide bonds. The van der Waals surface area contributed by atoms with Gasteiger partial charge >= 0.3 is 0 Å². The highest BCUT2D eigenvalue weighted by Gasteiger charge is 2.20. The lowest BCUT2D eigenvalue weighted by Crippen LogP contribution is -2.04. The minimum Gasteiger partial charge on any atom is -0.384 e. The first kappa shape index (κ1) is 10.9. The van der Waals surface area contributed by atoms with Gasteiger partial charge in [0.25, 0.3) is 0 Å². The summed E-state index contributed by atoms with van der Waals surface area (Å²) >= 11 is 0. The largest absolute Gasteiger partial charge is 0.384 e. The van der Waals surface area contributed by atoms with Crippen molar-refractivity contribution < 1.29 is 4.39 Å². The van der Waals surface area contributed by atoms with Crippen molar-refractivity contribution in [3.05, 3.63) is 29.6 Å². The van der Waals surface area contributed by atoms with E-state index in [-0.39, 0.29) is 5.56 Å². The summed E-state index contributed by atoms with van der Waals surface area (Å²) in [5.41, 5.74) is 0.729. The van der Waals surface area contributed by atoms with Gasteiger partial charge in [-0.25, -0.2) is 4.39 Å². The number of hydrogen-bond acceptors (Lipinski definition) is 2.